The summed E-state index contributed by atoms with van der Waals surface area (Å²) < 4.78 is 23.7. The number of benzene rings is 2. The lowest BCUT2D eigenvalue weighted by Crippen LogP contribution is -2.55. The predicted molar refractivity (Wildman–Crippen MR) is 123 cm³/mol. The molecule has 190 valence electrons. The molecular weight excluding hydrogens is 490 g/mol. The van der Waals surface area contributed by atoms with Gasteiger partial charge in [-0.3, -0.25) is 18.9 Å². The predicted octanol–water partition coefficient (Wildman–Crippen LogP) is 0.394. The molecule has 1 unspecified atom stereocenters. The van der Waals surface area contributed by atoms with Crippen molar-refractivity contribution in [2.45, 2.75) is 25.2 Å². The fourth-order valence-electron chi connectivity index (χ4n) is 3.71. The number of aliphatic hydroxyl groups excluding tert-OH is 2. The molecule has 0 spiro atoms. The molecule has 2 atom stereocenters. The van der Waals surface area contributed by atoms with E-state index in [2.05, 4.69) is 0 Å². The Balaban J connectivity index is 2.48. The van der Waals surface area contributed by atoms with Gasteiger partial charge in [0.1, 0.15) is 24.1 Å². The third-order valence-electron chi connectivity index (χ3n) is 5.22. The smallest absolute Gasteiger partial charge is 0.339 e. The minimum atomic E-state index is -4.70. The Morgan fingerprint density at radius 2 is 0.971 bits per heavy atom. The fraction of sp³-hybridized carbons (Fsp3) is 0.400. The number of nitrogens with zero attached hydrogens (tertiary/aromatic N) is 2. The molecule has 2 rings (SSSR count). The molecule has 0 bridgehead atoms. The van der Waals surface area contributed by atoms with E-state index in [1.165, 1.54) is 24.3 Å². The van der Waals surface area contributed by atoms with Crippen molar-refractivity contribution in [1.29, 1.82) is 0 Å². The minimum Gasteiger partial charge on any atom is -0.508 e. The molecule has 0 aromatic heterocycles. The summed E-state index contributed by atoms with van der Waals surface area (Å²) in [7, 11) is -9.39. The van der Waals surface area contributed by atoms with Gasteiger partial charge < -0.3 is 40.0 Å². The molecule has 0 heterocycles. The highest BCUT2D eigenvalue weighted by atomic mass is 31.2. The summed E-state index contributed by atoms with van der Waals surface area (Å²) in [6, 6.07) is 9.66. The summed E-state index contributed by atoms with van der Waals surface area (Å²) >= 11 is 0. The lowest BCUT2D eigenvalue weighted by molar-refractivity contribution is 0.0158. The van der Waals surface area contributed by atoms with E-state index in [1.54, 1.807) is 24.3 Å². The lowest BCUT2D eigenvalue weighted by Gasteiger charge is -2.41. The number of aliphatic hydroxyl groups is 2. The van der Waals surface area contributed by atoms with Gasteiger partial charge in [-0.15, -0.1) is 0 Å². The van der Waals surface area contributed by atoms with Crippen molar-refractivity contribution in [3.8, 4) is 11.5 Å². The first kappa shape index (κ1) is 28.4. The Kier molecular flexibility index (Phi) is 10.2. The molecule has 12 nitrogen and oxygen atoms in total. The van der Waals surface area contributed by atoms with E-state index in [1.807, 2.05) is 0 Å². The monoisotopic (exact) mass is 520 g/mol. The number of hydrogen-bond donors (Lipinski definition) is 8. The SMILES string of the molecule is O=P(O)(O)CN(Cc1ccccc1O)C(CO)[C@@H](CO)N(Cc1ccccc1O)CP(=O)(O)O. The van der Waals surface area contributed by atoms with Crippen molar-refractivity contribution in [3.05, 3.63) is 59.7 Å². The summed E-state index contributed by atoms with van der Waals surface area (Å²) in [6.45, 7) is -1.95. The first-order valence-corrected chi connectivity index (χ1v) is 13.8. The summed E-state index contributed by atoms with van der Waals surface area (Å²) in [5.41, 5.74) is 0.571. The van der Waals surface area contributed by atoms with Crippen LogP contribution in [0.4, 0.5) is 0 Å². The Labute approximate surface area is 196 Å². The molecule has 34 heavy (non-hydrogen) atoms. The lowest BCUT2D eigenvalue weighted by atomic mass is 10.0. The number of aromatic hydroxyl groups is 2. The molecule has 0 fully saturated rings. The standard InChI is InChI=1S/C20H30N2O10P2/c23-11-17(21(13-33(27,28)29)9-15-5-1-3-7-19(15)25)18(12-24)22(14-34(30,31)32)10-16-6-2-4-8-20(16)26/h1-8,17-18,23-26H,9-14H2,(H2,27,28,29)(H2,30,31,32)/t17-,18?/m1/s1. The van der Waals surface area contributed by atoms with Crippen molar-refractivity contribution in [2.24, 2.45) is 0 Å². The van der Waals surface area contributed by atoms with Crippen LogP contribution >= 0.6 is 15.2 Å². The fourth-order valence-corrected chi connectivity index (χ4v) is 5.27. The van der Waals surface area contributed by atoms with E-state index < -0.39 is 53.1 Å². The molecule has 0 aliphatic rings. The van der Waals surface area contributed by atoms with Gasteiger partial charge in [-0.05, 0) is 12.1 Å². The van der Waals surface area contributed by atoms with Gasteiger partial charge in [0.2, 0.25) is 0 Å². The summed E-state index contributed by atoms with van der Waals surface area (Å²) in [4.78, 5) is 40.8. The highest BCUT2D eigenvalue weighted by Crippen LogP contribution is 2.40. The van der Waals surface area contributed by atoms with E-state index in [-0.39, 0.29) is 35.7 Å². The van der Waals surface area contributed by atoms with Crippen molar-refractivity contribution in [2.75, 3.05) is 25.8 Å². The van der Waals surface area contributed by atoms with Crippen LogP contribution in [0, 0.1) is 0 Å². The average Bonchev–Trinajstić information content (AvgIpc) is 2.72. The normalized spacial score (nSPS) is 14.5. The maximum Gasteiger partial charge on any atom is 0.339 e. The van der Waals surface area contributed by atoms with Crippen LogP contribution in [0.1, 0.15) is 11.1 Å². The second-order valence-corrected chi connectivity index (χ2v) is 11.1. The van der Waals surface area contributed by atoms with Gasteiger partial charge in [0, 0.05) is 24.2 Å². The maximum atomic E-state index is 11.9. The van der Waals surface area contributed by atoms with Gasteiger partial charge in [-0.2, -0.15) is 0 Å². The second-order valence-electron chi connectivity index (χ2n) is 7.86. The number of para-hydroxylation sites is 2. The topological polar surface area (TPSA) is 202 Å². The zero-order valence-corrected chi connectivity index (χ0v) is 20.0. The highest BCUT2D eigenvalue weighted by Gasteiger charge is 2.37. The molecule has 0 aliphatic carbocycles. The van der Waals surface area contributed by atoms with Crippen molar-refractivity contribution in [3.63, 3.8) is 0 Å². The third kappa shape index (κ3) is 8.75. The van der Waals surface area contributed by atoms with Crippen molar-refractivity contribution in [1.82, 2.24) is 9.80 Å². The first-order valence-electron chi connectivity index (χ1n) is 10.2. The van der Waals surface area contributed by atoms with Crippen LogP contribution in [0.5, 0.6) is 11.5 Å². The van der Waals surface area contributed by atoms with Crippen LogP contribution in [0.25, 0.3) is 0 Å². The number of phenolic OH excluding ortho intramolecular Hbond substituents is 2. The van der Waals surface area contributed by atoms with E-state index in [9.17, 15) is 49.1 Å². The number of phenols is 2. The molecule has 14 heteroatoms. The minimum absolute atomic E-state index is 0.156. The van der Waals surface area contributed by atoms with Crippen LogP contribution in [0.15, 0.2) is 48.5 Å². The van der Waals surface area contributed by atoms with Gasteiger partial charge in [0.15, 0.2) is 0 Å². The Morgan fingerprint density at radius 1 is 0.647 bits per heavy atom. The van der Waals surface area contributed by atoms with E-state index in [0.717, 1.165) is 9.80 Å². The van der Waals surface area contributed by atoms with Crippen LogP contribution in [-0.4, -0.2) is 87.7 Å². The average molecular weight is 520 g/mol. The zero-order valence-electron chi connectivity index (χ0n) is 18.2. The van der Waals surface area contributed by atoms with Crippen LogP contribution in [-0.2, 0) is 22.2 Å². The molecule has 0 saturated carbocycles. The molecule has 0 aliphatic heterocycles. The van der Waals surface area contributed by atoms with Crippen molar-refractivity contribution >= 4 is 15.2 Å². The second kappa shape index (κ2) is 12.2. The number of hydrogen-bond acceptors (Lipinski definition) is 8. The van der Waals surface area contributed by atoms with Gasteiger partial charge in [0.05, 0.1) is 25.3 Å². The van der Waals surface area contributed by atoms with E-state index in [0.29, 0.717) is 0 Å². The van der Waals surface area contributed by atoms with Crippen molar-refractivity contribution < 1.29 is 49.1 Å². The summed E-state index contributed by atoms with van der Waals surface area (Å²) in [5.74, 6) is -0.312. The quantitative estimate of drug-likeness (QED) is 0.169. The van der Waals surface area contributed by atoms with E-state index >= 15 is 0 Å². The van der Waals surface area contributed by atoms with Gasteiger partial charge in [0.25, 0.3) is 0 Å². The largest absolute Gasteiger partial charge is 0.508 e. The Morgan fingerprint density at radius 3 is 1.24 bits per heavy atom. The first-order chi connectivity index (χ1) is 15.8. The Hall–Kier alpha value is -1.82. The van der Waals surface area contributed by atoms with Gasteiger partial charge in [-0.1, -0.05) is 36.4 Å². The van der Waals surface area contributed by atoms with Crippen LogP contribution < -0.4 is 0 Å². The molecule has 2 aromatic rings. The van der Waals surface area contributed by atoms with E-state index in [4.69, 9.17) is 0 Å². The summed E-state index contributed by atoms with van der Waals surface area (Å²) in [6.07, 6.45) is -1.72. The maximum absolute atomic E-state index is 11.9. The highest BCUT2D eigenvalue weighted by molar-refractivity contribution is 7.51. The molecule has 0 radical (unpaired) electrons. The molecule has 0 saturated heterocycles. The molecule has 0 amide bonds. The molecular formula is C20H30N2O10P2. The number of rotatable bonds is 13. The van der Waals surface area contributed by atoms with Crippen LogP contribution in [0.3, 0.4) is 0 Å². The molecule has 2 aromatic carbocycles. The summed E-state index contributed by atoms with van der Waals surface area (Å²) in [5, 5.41) is 40.6. The van der Waals surface area contributed by atoms with Gasteiger partial charge in [-0.25, -0.2) is 0 Å². The van der Waals surface area contributed by atoms with Crippen LogP contribution in [0.2, 0.25) is 0 Å². The Bertz CT molecular complexity index is 946. The zero-order chi connectivity index (χ0) is 25.5. The van der Waals surface area contributed by atoms with Gasteiger partial charge >= 0.3 is 15.2 Å². The molecule has 8 N–H and O–H groups in total. The third-order valence-corrected chi connectivity index (χ3v) is 6.68.